The average molecular weight is 234 g/mol. The molecule has 2 aromatic heterocycles. The van der Waals surface area contributed by atoms with Gasteiger partial charge in [0.1, 0.15) is 10.8 Å². The number of nitrogens with two attached hydrogens (primary N) is 1. The minimum Gasteiger partial charge on any atom is -0.468 e. The lowest BCUT2D eigenvalue weighted by molar-refractivity contribution is 0.530. The summed E-state index contributed by atoms with van der Waals surface area (Å²) in [5, 5.41) is 0.999. The molecule has 0 amide bonds. The number of aromatic nitrogens is 1. The predicted molar refractivity (Wildman–Crippen MR) is 65.1 cm³/mol. The molecule has 0 radical (unpaired) electrons. The first-order valence-electron chi connectivity index (χ1n) is 5.11. The van der Waals surface area contributed by atoms with Crippen LogP contribution in [0.1, 0.15) is 16.9 Å². The highest BCUT2D eigenvalue weighted by atomic mass is 32.2. The third-order valence-corrected chi connectivity index (χ3v) is 3.44. The van der Waals surface area contributed by atoms with Gasteiger partial charge >= 0.3 is 0 Å². The lowest BCUT2D eigenvalue weighted by atomic mass is 10.2. The van der Waals surface area contributed by atoms with E-state index in [1.807, 2.05) is 24.4 Å². The Morgan fingerprint density at radius 3 is 3.00 bits per heavy atom. The second-order valence-corrected chi connectivity index (χ2v) is 4.45. The molecule has 0 aliphatic rings. The normalized spacial score (nSPS) is 10.6. The van der Waals surface area contributed by atoms with Gasteiger partial charge in [-0.25, -0.2) is 4.98 Å². The topological polar surface area (TPSA) is 52.0 Å². The average Bonchev–Trinajstić information content (AvgIpc) is 2.79. The predicted octanol–water partition coefficient (Wildman–Crippen LogP) is 2.73. The van der Waals surface area contributed by atoms with Crippen LogP contribution in [-0.4, -0.2) is 4.98 Å². The molecule has 4 heteroatoms. The Bertz CT molecular complexity index is 454. The van der Waals surface area contributed by atoms with Gasteiger partial charge in [0, 0.05) is 18.3 Å². The number of rotatable bonds is 4. The molecular formula is C12H14N2OS. The Hall–Kier alpha value is -1.26. The van der Waals surface area contributed by atoms with Gasteiger partial charge in [-0.15, -0.1) is 0 Å². The summed E-state index contributed by atoms with van der Waals surface area (Å²) in [6, 6.07) is 5.84. The maximum absolute atomic E-state index is 5.72. The molecule has 0 bridgehead atoms. The summed E-state index contributed by atoms with van der Waals surface area (Å²) in [6.45, 7) is 2.58. The molecule has 84 valence electrons. The van der Waals surface area contributed by atoms with E-state index in [2.05, 4.69) is 11.9 Å². The Labute approximate surface area is 99.1 Å². The first-order chi connectivity index (χ1) is 7.81. The van der Waals surface area contributed by atoms with E-state index in [1.54, 1.807) is 18.0 Å². The second-order valence-electron chi connectivity index (χ2n) is 3.48. The Morgan fingerprint density at radius 2 is 2.31 bits per heavy atom. The summed E-state index contributed by atoms with van der Waals surface area (Å²) >= 11 is 1.66. The standard InChI is InChI=1S/C12H14N2OS/c1-9-4-5-14-12(11(9)7-13)16-8-10-3-2-6-15-10/h2-6H,7-8,13H2,1H3. The molecule has 0 spiro atoms. The minimum absolute atomic E-state index is 0.528. The zero-order chi connectivity index (χ0) is 11.4. The van der Waals surface area contributed by atoms with Gasteiger partial charge in [0.2, 0.25) is 0 Å². The lowest BCUT2D eigenvalue weighted by Crippen LogP contribution is -2.02. The number of hydrogen-bond donors (Lipinski definition) is 1. The summed E-state index contributed by atoms with van der Waals surface area (Å²) in [7, 11) is 0. The van der Waals surface area contributed by atoms with Crippen molar-refractivity contribution < 1.29 is 4.42 Å². The fraction of sp³-hybridized carbons (Fsp3) is 0.250. The van der Waals surface area contributed by atoms with Gasteiger partial charge in [-0.1, -0.05) is 11.8 Å². The van der Waals surface area contributed by atoms with Gasteiger partial charge < -0.3 is 10.2 Å². The number of thioether (sulfide) groups is 1. The highest BCUT2D eigenvalue weighted by molar-refractivity contribution is 7.98. The van der Waals surface area contributed by atoms with Crippen molar-refractivity contribution in [3.8, 4) is 0 Å². The molecule has 0 atom stereocenters. The fourth-order valence-corrected chi connectivity index (χ4v) is 2.47. The van der Waals surface area contributed by atoms with Crippen molar-refractivity contribution in [3.63, 3.8) is 0 Å². The van der Waals surface area contributed by atoms with Crippen molar-refractivity contribution in [2.45, 2.75) is 24.2 Å². The number of aryl methyl sites for hydroxylation is 1. The number of hydrogen-bond acceptors (Lipinski definition) is 4. The molecule has 0 saturated heterocycles. The molecule has 3 nitrogen and oxygen atoms in total. The van der Waals surface area contributed by atoms with Crippen LogP contribution in [0.25, 0.3) is 0 Å². The van der Waals surface area contributed by atoms with Crippen LogP contribution >= 0.6 is 11.8 Å². The Kier molecular flexibility index (Phi) is 3.64. The number of nitrogens with zero attached hydrogens (tertiary/aromatic N) is 1. The van der Waals surface area contributed by atoms with Crippen LogP contribution in [-0.2, 0) is 12.3 Å². The summed E-state index contributed by atoms with van der Waals surface area (Å²) in [6.07, 6.45) is 3.50. The van der Waals surface area contributed by atoms with Crippen molar-refractivity contribution in [2.75, 3.05) is 0 Å². The van der Waals surface area contributed by atoms with Gasteiger partial charge in [0.25, 0.3) is 0 Å². The Balaban J connectivity index is 2.12. The highest BCUT2D eigenvalue weighted by Crippen LogP contribution is 2.25. The first-order valence-corrected chi connectivity index (χ1v) is 6.09. The fourth-order valence-electron chi connectivity index (χ4n) is 1.47. The smallest absolute Gasteiger partial charge is 0.114 e. The van der Waals surface area contributed by atoms with E-state index in [0.717, 1.165) is 22.1 Å². The molecule has 0 aromatic carbocycles. The third kappa shape index (κ3) is 2.46. The lowest BCUT2D eigenvalue weighted by Gasteiger charge is -2.08. The van der Waals surface area contributed by atoms with Crippen LogP contribution in [0.4, 0.5) is 0 Å². The van der Waals surface area contributed by atoms with Crippen molar-refractivity contribution in [1.29, 1.82) is 0 Å². The molecular weight excluding hydrogens is 220 g/mol. The van der Waals surface area contributed by atoms with Crippen molar-refractivity contribution in [2.24, 2.45) is 5.73 Å². The van der Waals surface area contributed by atoms with Gasteiger partial charge in [0.15, 0.2) is 0 Å². The molecule has 2 heterocycles. The van der Waals surface area contributed by atoms with Gasteiger partial charge in [-0.2, -0.15) is 0 Å². The van der Waals surface area contributed by atoms with E-state index >= 15 is 0 Å². The van der Waals surface area contributed by atoms with E-state index in [4.69, 9.17) is 10.2 Å². The second kappa shape index (κ2) is 5.18. The van der Waals surface area contributed by atoms with E-state index in [1.165, 1.54) is 5.56 Å². The first kappa shape index (κ1) is 11.2. The Morgan fingerprint density at radius 1 is 1.44 bits per heavy atom. The van der Waals surface area contributed by atoms with Gasteiger partial charge in [0.05, 0.1) is 12.0 Å². The summed E-state index contributed by atoms with van der Waals surface area (Å²) < 4.78 is 5.28. The number of furan rings is 1. The van der Waals surface area contributed by atoms with Crippen LogP contribution in [0.2, 0.25) is 0 Å². The SMILES string of the molecule is Cc1ccnc(SCc2ccco2)c1CN. The molecule has 2 aromatic rings. The van der Waals surface area contributed by atoms with Gasteiger partial charge in [-0.3, -0.25) is 0 Å². The summed E-state index contributed by atoms with van der Waals surface area (Å²) in [5.74, 6) is 1.74. The molecule has 16 heavy (non-hydrogen) atoms. The van der Waals surface area contributed by atoms with Crippen LogP contribution < -0.4 is 5.73 Å². The van der Waals surface area contributed by atoms with Gasteiger partial charge in [-0.05, 0) is 30.7 Å². The highest BCUT2D eigenvalue weighted by Gasteiger charge is 2.07. The zero-order valence-corrected chi connectivity index (χ0v) is 9.96. The molecule has 0 unspecified atom stereocenters. The van der Waals surface area contributed by atoms with Crippen LogP contribution in [0, 0.1) is 6.92 Å². The molecule has 0 saturated carbocycles. The van der Waals surface area contributed by atoms with Crippen molar-refractivity contribution >= 4 is 11.8 Å². The summed E-state index contributed by atoms with van der Waals surface area (Å²) in [4.78, 5) is 4.35. The maximum atomic E-state index is 5.72. The van der Waals surface area contributed by atoms with E-state index < -0.39 is 0 Å². The molecule has 2 rings (SSSR count). The zero-order valence-electron chi connectivity index (χ0n) is 9.14. The minimum atomic E-state index is 0.528. The van der Waals surface area contributed by atoms with E-state index in [9.17, 15) is 0 Å². The number of pyridine rings is 1. The summed E-state index contributed by atoms with van der Waals surface area (Å²) in [5.41, 5.74) is 8.04. The van der Waals surface area contributed by atoms with Crippen molar-refractivity contribution in [1.82, 2.24) is 4.98 Å². The molecule has 0 aliphatic heterocycles. The van der Waals surface area contributed by atoms with E-state index in [-0.39, 0.29) is 0 Å². The van der Waals surface area contributed by atoms with Crippen LogP contribution in [0.3, 0.4) is 0 Å². The van der Waals surface area contributed by atoms with E-state index in [0.29, 0.717) is 6.54 Å². The largest absolute Gasteiger partial charge is 0.468 e. The molecule has 0 aliphatic carbocycles. The molecule has 0 fully saturated rings. The van der Waals surface area contributed by atoms with Crippen LogP contribution in [0.15, 0.2) is 40.1 Å². The van der Waals surface area contributed by atoms with Crippen molar-refractivity contribution in [3.05, 3.63) is 47.5 Å². The quantitative estimate of drug-likeness (QED) is 0.826. The monoisotopic (exact) mass is 234 g/mol. The van der Waals surface area contributed by atoms with Crippen LogP contribution in [0.5, 0.6) is 0 Å². The third-order valence-electron chi connectivity index (χ3n) is 2.39. The maximum Gasteiger partial charge on any atom is 0.114 e. The molecule has 2 N–H and O–H groups in total.